The molecule has 2 fully saturated rings. The summed E-state index contributed by atoms with van der Waals surface area (Å²) >= 11 is 0. The predicted octanol–water partition coefficient (Wildman–Crippen LogP) is 1.51. The molecule has 2 rings (SSSR count). The first-order valence-corrected chi connectivity index (χ1v) is 6.88. The molecule has 1 atom stereocenters. The van der Waals surface area contributed by atoms with Crippen molar-refractivity contribution in [2.24, 2.45) is 5.92 Å². The van der Waals surface area contributed by atoms with Gasteiger partial charge in [-0.3, -0.25) is 0 Å². The molecule has 3 heteroatoms. The molecule has 1 saturated carbocycles. The molecule has 0 aromatic rings. The average molecular weight is 277 g/mol. The summed E-state index contributed by atoms with van der Waals surface area (Å²) in [5.74, 6) is 1.15. The van der Waals surface area contributed by atoms with E-state index in [1.165, 1.54) is 32.1 Å². The van der Waals surface area contributed by atoms with Gasteiger partial charge in [0, 0.05) is 32.8 Å². The van der Waals surface area contributed by atoms with E-state index in [0.717, 1.165) is 18.3 Å². The van der Waals surface area contributed by atoms with Crippen LogP contribution in [0.5, 0.6) is 0 Å². The zero-order valence-electron chi connectivity index (χ0n) is 7.54. The molecule has 1 aliphatic carbocycles. The molecule has 1 aliphatic heterocycles. The van der Waals surface area contributed by atoms with Gasteiger partial charge in [-0.1, -0.05) is 18.9 Å². The normalized spacial score (nSPS) is 30.5. The SMILES string of the molecule is C1CCC([SiH2]CC2CC2)OC1.[Pd]. The van der Waals surface area contributed by atoms with Gasteiger partial charge in [0.15, 0.2) is 0 Å². The molecule has 0 amide bonds. The van der Waals surface area contributed by atoms with Crippen molar-refractivity contribution >= 4 is 9.52 Å². The Balaban J connectivity index is 0.000000720. The summed E-state index contributed by atoms with van der Waals surface area (Å²) in [7, 11) is 0.158. The smallest absolute Gasteiger partial charge is 0.0558 e. The molecule has 0 aromatic heterocycles. The van der Waals surface area contributed by atoms with Gasteiger partial charge in [0.1, 0.15) is 0 Å². The number of hydrogen-bond donors (Lipinski definition) is 0. The van der Waals surface area contributed by atoms with Crippen molar-refractivity contribution in [3.63, 3.8) is 0 Å². The Morgan fingerprint density at radius 3 is 2.58 bits per heavy atom. The van der Waals surface area contributed by atoms with Crippen LogP contribution in [-0.4, -0.2) is 21.9 Å². The predicted molar refractivity (Wildman–Crippen MR) is 49.7 cm³/mol. The zero-order chi connectivity index (χ0) is 7.52. The summed E-state index contributed by atoms with van der Waals surface area (Å²) in [6.07, 6.45) is 7.19. The van der Waals surface area contributed by atoms with Crippen LogP contribution in [0.4, 0.5) is 0 Å². The van der Waals surface area contributed by atoms with Gasteiger partial charge in [0.2, 0.25) is 0 Å². The fourth-order valence-corrected chi connectivity index (χ4v) is 4.19. The second kappa shape index (κ2) is 5.54. The molecule has 74 valence electrons. The van der Waals surface area contributed by atoms with Crippen LogP contribution in [0, 0.1) is 5.92 Å². The second-order valence-corrected chi connectivity index (χ2v) is 6.07. The molecular weight excluding hydrogens is 259 g/mol. The number of ether oxygens (including phenoxy) is 1. The van der Waals surface area contributed by atoms with Crippen LogP contribution in [0.1, 0.15) is 32.1 Å². The van der Waals surface area contributed by atoms with E-state index < -0.39 is 0 Å². The number of rotatable bonds is 3. The molecule has 1 unspecified atom stereocenters. The molecule has 0 aromatic carbocycles. The molecule has 1 nitrogen and oxygen atoms in total. The van der Waals surface area contributed by atoms with Gasteiger partial charge in [-0.05, 0) is 25.2 Å². The van der Waals surface area contributed by atoms with Gasteiger partial charge in [-0.15, -0.1) is 0 Å². The Morgan fingerprint density at radius 1 is 1.17 bits per heavy atom. The maximum atomic E-state index is 5.72. The standard InChI is InChI=1S/C9H18OSi.Pd/c1-2-6-10-9(3-1)11-7-8-4-5-8;/h8-9H,1-7,11H2;. The van der Waals surface area contributed by atoms with Crippen LogP contribution in [-0.2, 0) is 25.2 Å². The number of hydrogen-bond acceptors (Lipinski definition) is 1. The van der Waals surface area contributed by atoms with E-state index in [-0.39, 0.29) is 29.9 Å². The van der Waals surface area contributed by atoms with Crippen LogP contribution < -0.4 is 0 Å². The Morgan fingerprint density at radius 2 is 2.00 bits per heavy atom. The summed E-state index contributed by atoms with van der Waals surface area (Å²) in [4.78, 5) is 0. The quantitative estimate of drug-likeness (QED) is 0.710. The minimum atomic E-state index is 0. The Kier molecular flexibility index (Phi) is 5.04. The molecule has 1 saturated heterocycles. The third-order valence-corrected chi connectivity index (χ3v) is 5.31. The molecule has 2 aliphatic rings. The van der Waals surface area contributed by atoms with Crippen LogP contribution in [0.3, 0.4) is 0 Å². The van der Waals surface area contributed by atoms with Crippen molar-refractivity contribution in [1.82, 2.24) is 0 Å². The largest absolute Gasteiger partial charge is 0.382 e. The van der Waals surface area contributed by atoms with Crippen molar-refractivity contribution in [3.8, 4) is 0 Å². The van der Waals surface area contributed by atoms with E-state index in [9.17, 15) is 0 Å². The zero-order valence-corrected chi connectivity index (χ0v) is 10.5. The first-order valence-electron chi connectivity index (χ1n) is 5.07. The summed E-state index contributed by atoms with van der Waals surface area (Å²) < 4.78 is 5.72. The van der Waals surface area contributed by atoms with Crippen LogP contribution >= 0.6 is 0 Å². The fourth-order valence-electron chi connectivity index (χ4n) is 1.86. The Bertz CT molecular complexity index is 122. The van der Waals surface area contributed by atoms with Gasteiger partial charge in [-0.25, -0.2) is 0 Å². The molecule has 12 heavy (non-hydrogen) atoms. The molecule has 1 heterocycles. The van der Waals surface area contributed by atoms with E-state index in [4.69, 9.17) is 4.74 Å². The maximum absolute atomic E-state index is 5.72. The molecular formula is C9H18OPdSi. The molecule has 0 bridgehead atoms. The molecule has 0 radical (unpaired) electrons. The first-order chi connectivity index (χ1) is 5.45. The Labute approximate surface area is 91.1 Å². The van der Waals surface area contributed by atoms with Crippen LogP contribution in [0.15, 0.2) is 0 Å². The van der Waals surface area contributed by atoms with Gasteiger partial charge < -0.3 is 4.74 Å². The van der Waals surface area contributed by atoms with Gasteiger partial charge in [0.25, 0.3) is 0 Å². The summed E-state index contributed by atoms with van der Waals surface area (Å²) in [6, 6.07) is 1.57. The molecule has 0 N–H and O–H groups in total. The maximum Gasteiger partial charge on any atom is 0.0558 e. The first kappa shape index (κ1) is 10.9. The van der Waals surface area contributed by atoms with E-state index >= 15 is 0 Å². The van der Waals surface area contributed by atoms with Gasteiger partial charge in [-0.2, -0.15) is 0 Å². The van der Waals surface area contributed by atoms with E-state index in [2.05, 4.69) is 0 Å². The van der Waals surface area contributed by atoms with Crippen molar-refractivity contribution in [2.75, 3.05) is 6.61 Å². The third-order valence-electron chi connectivity index (χ3n) is 2.87. The van der Waals surface area contributed by atoms with Crippen LogP contribution in [0.25, 0.3) is 0 Å². The van der Waals surface area contributed by atoms with Crippen LogP contribution in [0.2, 0.25) is 6.04 Å². The minimum absolute atomic E-state index is 0. The summed E-state index contributed by atoms with van der Waals surface area (Å²) in [5, 5.41) is 0. The van der Waals surface area contributed by atoms with E-state index in [1.54, 1.807) is 6.04 Å². The van der Waals surface area contributed by atoms with E-state index in [0.29, 0.717) is 0 Å². The van der Waals surface area contributed by atoms with Crippen molar-refractivity contribution in [2.45, 2.75) is 43.9 Å². The second-order valence-electron chi connectivity index (χ2n) is 4.01. The topological polar surface area (TPSA) is 9.23 Å². The minimum Gasteiger partial charge on any atom is -0.382 e. The van der Waals surface area contributed by atoms with Crippen molar-refractivity contribution < 1.29 is 25.2 Å². The van der Waals surface area contributed by atoms with Gasteiger partial charge in [0.05, 0.1) is 9.52 Å². The third kappa shape index (κ3) is 3.70. The Hall–Kier alpha value is 0.839. The monoisotopic (exact) mass is 276 g/mol. The fraction of sp³-hybridized carbons (Fsp3) is 1.00. The molecule has 0 spiro atoms. The van der Waals surface area contributed by atoms with Gasteiger partial charge >= 0.3 is 0 Å². The van der Waals surface area contributed by atoms with Crippen molar-refractivity contribution in [3.05, 3.63) is 0 Å². The average Bonchev–Trinajstić information content (AvgIpc) is 2.86. The summed E-state index contributed by atoms with van der Waals surface area (Å²) in [5.41, 5.74) is 0.768. The summed E-state index contributed by atoms with van der Waals surface area (Å²) in [6.45, 7) is 1.06. The van der Waals surface area contributed by atoms with E-state index in [1.807, 2.05) is 0 Å². The van der Waals surface area contributed by atoms with Crippen molar-refractivity contribution in [1.29, 1.82) is 0 Å².